The van der Waals surface area contributed by atoms with Gasteiger partial charge >= 0.3 is 0 Å². The predicted molar refractivity (Wildman–Crippen MR) is 59.6 cm³/mol. The van der Waals surface area contributed by atoms with Crippen molar-refractivity contribution in [2.24, 2.45) is 5.92 Å². The highest BCUT2D eigenvalue weighted by Crippen LogP contribution is 2.51. The van der Waals surface area contributed by atoms with Crippen molar-refractivity contribution < 1.29 is 0 Å². The molecule has 0 aromatic heterocycles. The Morgan fingerprint density at radius 3 is 2.10 bits per heavy atom. The molecule has 0 aliphatic heterocycles. The molecule has 1 rings (SSSR count). The van der Waals surface area contributed by atoms with Crippen LogP contribution in [0.2, 0.25) is 0 Å². The highest BCUT2D eigenvalue weighted by molar-refractivity contribution is 9.26. The molecule has 1 fully saturated rings. The first kappa shape index (κ1) is 10.0. The fourth-order valence-electron chi connectivity index (χ4n) is 1.26. The SMILES string of the molecule is BrC(Br)C1CCCC1(Br)Br. The van der Waals surface area contributed by atoms with Crippen LogP contribution in [0, 0.1) is 5.92 Å². The van der Waals surface area contributed by atoms with Gasteiger partial charge in [0.15, 0.2) is 0 Å². The molecule has 0 nitrogen and oxygen atoms in total. The van der Waals surface area contributed by atoms with E-state index in [4.69, 9.17) is 0 Å². The minimum Gasteiger partial charge on any atom is -0.0761 e. The lowest BCUT2D eigenvalue weighted by Crippen LogP contribution is -2.22. The lowest BCUT2D eigenvalue weighted by Gasteiger charge is -2.23. The van der Waals surface area contributed by atoms with Crippen molar-refractivity contribution >= 4 is 63.7 Å². The summed E-state index contributed by atoms with van der Waals surface area (Å²) in [5.41, 5.74) is 0. The van der Waals surface area contributed by atoms with E-state index in [-0.39, 0.29) is 3.23 Å². The number of rotatable bonds is 1. The Morgan fingerprint density at radius 2 is 1.90 bits per heavy atom. The van der Waals surface area contributed by atoms with Gasteiger partial charge in [-0.15, -0.1) is 0 Å². The van der Waals surface area contributed by atoms with Crippen LogP contribution in [0.5, 0.6) is 0 Å². The monoisotopic (exact) mass is 396 g/mol. The van der Waals surface area contributed by atoms with Crippen molar-refractivity contribution in [3.8, 4) is 0 Å². The number of hydrogen-bond acceptors (Lipinski definition) is 0. The molecule has 0 aromatic rings. The first-order valence-corrected chi connectivity index (χ1v) is 6.62. The molecule has 10 heavy (non-hydrogen) atoms. The van der Waals surface area contributed by atoms with E-state index in [1.807, 2.05) is 0 Å². The summed E-state index contributed by atoms with van der Waals surface area (Å²) in [6.45, 7) is 0. The van der Waals surface area contributed by atoms with Crippen LogP contribution in [0.3, 0.4) is 0 Å². The van der Waals surface area contributed by atoms with Crippen LogP contribution in [0.15, 0.2) is 0 Å². The largest absolute Gasteiger partial charge is 0.0852 e. The van der Waals surface area contributed by atoms with Crippen molar-refractivity contribution in [2.75, 3.05) is 0 Å². The fraction of sp³-hybridized carbons (Fsp3) is 1.00. The molecular formula is C6H8Br4. The first-order chi connectivity index (χ1) is 4.54. The fourth-order valence-corrected chi connectivity index (χ4v) is 5.66. The Labute approximate surface area is 95.0 Å². The van der Waals surface area contributed by atoms with Gasteiger partial charge in [-0.2, -0.15) is 0 Å². The van der Waals surface area contributed by atoms with Crippen molar-refractivity contribution in [1.29, 1.82) is 0 Å². The van der Waals surface area contributed by atoms with Gasteiger partial charge < -0.3 is 0 Å². The van der Waals surface area contributed by atoms with E-state index in [1.165, 1.54) is 19.3 Å². The third-order valence-corrected chi connectivity index (χ3v) is 5.12. The molecule has 0 heterocycles. The molecule has 1 unspecified atom stereocenters. The van der Waals surface area contributed by atoms with Crippen LogP contribution in [0.1, 0.15) is 19.3 Å². The average molecular weight is 400 g/mol. The smallest absolute Gasteiger partial charge is 0.0761 e. The quantitative estimate of drug-likeness (QED) is 0.574. The summed E-state index contributed by atoms with van der Waals surface area (Å²) in [6, 6.07) is 0. The number of halogens is 4. The summed E-state index contributed by atoms with van der Waals surface area (Å²) in [7, 11) is 0. The Kier molecular flexibility index (Phi) is 3.76. The maximum atomic E-state index is 3.67. The van der Waals surface area contributed by atoms with Crippen LogP contribution >= 0.6 is 63.7 Å². The number of hydrogen-bond donors (Lipinski definition) is 0. The van der Waals surface area contributed by atoms with Crippen molar-refractivity contribution in [3.63, 3.8) is 0 Å². The first-order valence-electron chi connectivity index (χ1n) is 3.20. The Hall–Kier alpha value is 1.92. The third kappa shape index (κ3) is 2.20. The maximum Gasteiger partial charge on any atom is 0.0852 e. The zero-order valence-corrected chi connectivity index (χ0v) is 11.6. The molecule has 0 N–H and O–H groups in total. The summed E-state index contributed by atoms with van der Waals surface area (Å²) < 4.78 is 0.582. The highest BCUT2D eigenvalue weighted by atomic mass is 79.9. The molecule has 0 bridgehead atoms. The van der Waals surface area contributed by atoms with Crippen LogP contribution in [-0.2, 0) is 0 Å². The van der Waals surface area contributed by atoms with E-state index in [0.29, 0.717) is 9.65 Å². The average Bonchev–Trinajstić information content (AvgIpc) is 2.08. The van der Waals surface area contributed by atoms with Gasteiger partial charge in [0.25, 0.3) is 0 Å². The lowest BCUT2D eigenvalue weighted by atomic mass is 10.1. The second-order valence-electron chi connectivity index (χ2n) is 2.59. The number of alkyl halides is 4. The van der Waals surface area contributed by atoms with Crippen LogP contribution in [-0.4, -0.2) is 6.97 Å². The van der Waals surface area contributed by atoms with Gasteiger partial charge in [-0.25, -0.2) is 0 Å². The lowest BCUT2D eigenvalue weighted by molar-refractivity contribution is 0.608. The molecule has 1 aliphatic carbocycles. The molecule has 1 atom stereocenters. The van der Waals surface area contributed by atoms with Gasteiger partial charge in [0, 0.05) is 5.92 Å². The van der Waals surface area contributed by atoms with Gasteiger partial charge in [0.05, 0.1) is 6.97 Å². The Bertz CT molecular complexity index is 121. The zero-order chi connectivity index (χ0) is 7.78. The summed E-state index contributed by atoms with van der Waals surface area (Å²) in [6.07, 6.45) is 3.79. The van der Waals surface area contributed by atoms with E-state index >= 15 is 0 Å². The standard InChI is InChI=1S/C6H8Br4/c7-5(8)4-2-1-3-6(4,9)10/h4-5H,1-3H2. The van der Waals surface area contributed by atoms with Crippen LogP contribution in [0.4, 0.5) is 0 Å². The van der Waals surface area contributed by atoms with Crippen molar-refractivity contribution in [2.45, 2.75) is 26.2 Å². The van der Waals surface area contributed by atoms with E-state index in [0.717, 1.165) is 0 Å². The molecule has 0 saturated heterocycles. The molecule has 0 amide bonds. The van der Waals surface area contributed by atoms with E-state index in [1.54, 1.807) is 0 Å². The van der Waals surface area contributed by atoms with E-state index in [9.17, 15) is 0 Å². The maximum absolute atomic E-state index is 3.67. The zero-order valence-electron chi connectivity index (χ0n) is 5.29. The minimum atomic E-state index is 0.164. The molecule has 0 spiro atoms. The van der Waals surface area contributed by atoms with Gasteiger partial charge in [-0.3, -0.25) is 0 Å². The summed E-state index contributed by atoms with van der Waals surface area (Å²) in [5.74, 6) is 0.646. The summed E-state index contributed by atoms with van der Waals surface area (Å²) in [4.78, 5) is 0. The summed E-state index contributed by atoms with van der Waals surface area (Å²) >= 11 is 14.4. The molecule has 60 valence electrons. The van der Waals surface area contributed by atoms with Gasteiger partial charge in [-0.05, 0) is 12.8 Å². The third-order valence-electron chi connectivity index (χ3n) is 1.87. The van der Waals surface area contributed by atoms with Crippen LogP contribution < -0.4 is 0 Å². The van der Waals surface area contributed by atoms with E-state index < -0.39 is 0 Å². The normalized spacial score (nSPS) is 31.5. The topological polar surface area (TPSA) is 0 Å². The van der Waals surface area contributed by atoms with Crippen LogP contribution in [0.25, 0.3) is 0 Å². The molecule has 1 aliphatic rings. The van der Waals surface area contributed by atoms with Gasteiger partial charge in [0.1, 0.15) is 0 Å². The van der Waals surface area contributed by atoms with Crippen molar-refractivity contribution in [3.05, 3.63) is 0 Å². The second kappa shape index (κ2) is 3.75. The molecule has 0 aromatic carbocycles. The molecular weight excluding hydrogens is 392 g/mol. The molecule has 1 saturated carbocycles. The summed E-state index contributed by atoms with van der Waals surface area (Å²) in [5, 5.41) is 0. The van der Waals surface area contributed by atoms with Gasteiger partial charge in [-0.1, -0.05) is 70.1 Å². The van der Waals surface area contributed by atoms with E-state index in [2.05, 4.69) is 63.7 Å². The predicted octanol–water partition coefficient (Wildman–Crippen LogP) is 4.39. The molecule has 4 heteroatoms. The Balaban J connectivity index is 2.59. The van der Waals surface area contributed by atoms with Crippen molar-refractivity contribution in [1.82, 2.24) is 0 Å². The highest BCUT2D eigenvalue weighted by Gasteiger charge is 2.41. The minimum absolute atomic E-state index is 0.164. The second-order valence-corrected chi connectivity index (χ2v) is 9.69. The van der Waals surface area contributed by atoms with Gasteiger partial charge in [0.2, 0.25) is 0 Å². The Morgan fingerprint density at radius 1 is 1.30 bits per heavy atom. The molecule has 0 radical (unpaired) electrons.